The van der Waals surface area contributed by atoms with E-state index in [1.165, 1.54) is 30.4 Å². The highest BCUT2D eigenvalue weighted by Crippen LogP contribution is 2.19. The molecule has 2 aliphatic rings. The molecule has 27 heavy (non-hydrogen) atoms. The molecule has 1 aliphatic carbocycles. The molecule has 0 spiro atoms. The summed E-state index contributed by atoms with van der Waals surface area (Å²) in [5, 5.41) is 9.44. The van der Waals surface area contributed by atoms with Gasteiger partial charge in [0.1, 0.15) is 6.04 Å². The average molecular weight is 394 g/mol. The molecule has 1 aromatic rings. The van der Waals surface area contributed by atoms with Gasteiger partial charge in [0.05, 0.1) is 6.04 Å². The Bertz CT molecular complexity index is 644. The van der Waals surface area contributed by atoms with Crippen molar-refractivity contribution in [3.05, 3.63) is 35.4 Å². The van der Waals surface area contributed by atoms with E-state index >= 15 is 0 Å². The van der Waals surface area contributed by atoms with Crippen molar-refractivity contribution in [3.8, 4) is 0 Å². The molecule has 3 N–H and O–H groups in total. The Kier molecular flexibility index (Phi) is 8.11. The van der Waals surface area contributed by atoms with E-state index in [1.807, 2.05) is 26.0 Å². The second-order valence-corrected chi connectivity index (χ2v) is 7.98. The molecule has 1 aliphatic heterocycles. The van der Waals surface area contributed by atoms with Gasteiger partial charge in [-0.25, -0.2) is 0 Å². The van der Waals surface area contributed by atoms with Crippen LogP contribution in [0.1, 0.15) is 57.1 Å². The van der Waals surface area contributed by atoms with Gasteiger partial charge < -0.3 is 16.0 Å². The molecule has 0 radical (unpaired) electrons. The standard InChI is InChI=1S/C21H31N3O2.ClH/c1-14(2)19(21(26)23-17-10-4-3-5-11-17)24-20(25)18-12-15-8-6-7-9-16(15)13-22-18;/h6-9,14,17-19,22H,3-5,10-13H2,1-2H3,(H,23,26)(H,24,25);1H/t18-,19+;/m0./s1. The molecular weight excluding hydrogens is 362 g/mol. The molecule has 2 amide bonds. The summed E-state index contributed by atoms with van der Waals surface area (Å²) in [5.41, 5.74) is 2.45. The minimum Gasteiger partial charge on any atom is -0.352 e. The first kappa shape index (κ1) is 21.7. The van der Waals surface area contributed by atoms with Crippen molar-refractivity contribution in [3.63, 3.8) is 0 Å². The van der Waals surface area contributed by atoms with Crippen molar-refractivity contribution in [2.45, 2.75) is 77.0 Å². The van der Waals surface area contributed by atoms with Crippen molar-refractivity contribution in [1.82, 2.24) is 16.0 Å². The maximum atomic E-state index is 12.8. The third-order valence-electron chi connectivity index (χ3n) is 5.60. The van der Waals surface area contributed by atoms with Crippen LogP contribution in [0.15, 0.2) is 24.3 Å². The van der Waals surface area contributed by atoms with E-state index in [2.05, 4.69) is 28.1 Å². The minimum atomic E-state index is -0.483. The fraction of sp³-hybridized carbons (Fsp3) is 0.619. The van der Waals surface area contributed by atoms with Gasteiger partial charge in [-0.2, -0.15) is 0 Å². The van der Waals surface area contributed by atoms with Crippen molar-refractivity contribution < 1.29 is 9.59 Å². The van der Waals surface area contributed by atoms with Gasteiger partial charge in [-0.3, -0.25) is 9.59 Å². The first-order valence-electron chi connectivity index (χ1n) is 9.95. The number of nitrogens with one attached hydrogen (secondary N) is 3. The van der Waals surface area contributed by atoms with E-state index in [-0.39, 0.29) is 42.2 Å². The number of rotatable bonds is 5. The topological polar surface area (TPSA) is 70.2 Å². The normalized spacial score (nSPS) is 20.9. The summed E-state index contributed by atoms with van der Waals surface area (Å²) in [6.07, 6.45) is 6.36. The third kappa shape index (κ3) is 5.69. The zero-order valence-corrected chi connectivity index (χ0v) is 17.1. The van der Waals surface area contributed by atoms with Crippen LogP contribution in [-0.2, 0) is 22.6 Å². The highest BCUT2D eigenvalue weighted by atomic mass is 35.5. The number of carbonyl (C=O) groups excluding carboxylic acids is 2. The minimum absolute atomic E-state index is 0. The number of fused-ring (bicyclic) bond motifs is 1. The lowest BCUT2D eigenvalue weighted by Crippen LogP contribution is -2.57. The molecule has 0 bridgehead atoms. The summed E-state index contributed by atoms with van der Waals surface area (Å²) in [5.74, 6) is -0.0770. The Hall–Kier alpha value is -1.59. The van der Waals surface area contributed by atoms with E-state index in [0.717, 1.165) is 12.8 Å². The number of hydrogen-bond acceptors (Lipinski definition) is 3. The molecule has 5 nitrogen and oxygen atoms in total. The molecule has 0 unspecified atom stereocenters. The van der Waals surface area contributed by atoms with Gasteiger partial charge in [-0.1, -0.05) is 57.4 Å². The van der Waals surface area contributed by atoms with Gasteiger partial charge in [-0.05, 0) is 36.3 Å². The molecule has 0 saturated heterocycles. The zero-order valence-electron chi connectivity index (χ0n) is 16.3. The van der Waals surface area contributed by atoms with Crippen LogP contribution in [0, 0.1) is 5.92 Å². The molecule has 150 valence electrons. The largest absolute Gasteiger partial charge is 0.352 e. The molecule has 1 heterocycles. The van der Waals surface area contributed by atoms with E-state index in [1.54, 1.807) is 0 Å². The number of amides is 2. The van der Waals surface area contributed by atoms with Gasteiger partial charge in [-0.15, -0.1) is 12.4 Å². The van der Waals surface area contributed by atoms with Gasteiger partial charge >= 0.3 is 0 Å². The van der Waals surface area contributed by atoms with Crippen LogP contribution in [0.25, 0.3) is 0 Å². The molecule has 6 heteroatoms. The Labute approximate surface area is 168 Å². The summed E-state index contributed by atoms with van der Waals surface area (Å²) in [6, 6.07) is 7.68. The Morgan fingerprint density at radius 3 is 2.41 bits per heavy atom. The fourth-order valence-electron chi connectivity index (χ4n) is 3.97. The molecular formula is C21H32ClN3O2. The van der Waals surface area contributed by atoms with Gasteiger partial charge in [0.2, 0.25) is 11.8 Å². The molecule has 1 aromatic carbocycles. The number of benzene rings is 1. The van der Waals surface area contributed by atoms with Crippen LogP contribution >= 0.6 is 12.4 Å². The lowest BCUT2D eigenvalue weighted by atomic mass is 9.93. The zero-order chi connectivity index (χ0) is 18.5. The monoisotopic (exact) mass is 393 g/mol. The summed E-state index contributed by atoms with van der Waals surface area (Å²) in [4.78, 5) is 25.5. The van der Waals surface area contributed by atoms with E-state index in [9.17, 15) is 9.59 Å². The molecule has 2 atom stereocenters. The predicted molar refractivity (Wildman–Crippen MR) is 110 cm³/mol. The fourth-order valence-corrected chi connectivity index (χ4v) is 3.97. The van der Waals surface area contributed by atoms with Crippen molar-refractivity contribution in [1.29, 1.82) is 0 Å². The Balaban J connectivity index is 0.00000261. The summed E-state index contributed by atoms with van der Waals surface area (Å²) in [7, 11) is 0. The van der Waals surface area contributed by atoms with Crippen LogP contribution in [0.2, 0.25) is 0 Å². The molecule has 0 aromatic heterocycles. The number of halogens is 1. The maximum Gasteiger partial charge on any atom is 0.243 e. The Morgan fingerprint density at radius 1 is 1.07 bits per heavy atom. The van der Waals surface area contributed by atoms with Crippen LogP contribution in [0.3, 0.4) is 0 Å². The summed E-state index contributed by atoms with van der Waals surface area (Å²) in [6.45, 7) is 4.65. The van der Waals surface area contributed by atoms with Crippen molar-refractivity contribution in [2.24, 2.45) is 5.92 Å². The first-order chi connectivity index (χ1) is 12.5. The van der Waals surface area contributed by atoms with Crippen LogP contribution in [0.4, 0.5) is 0 Å². The van der Waals surface area contributed by atoms with Crippen LogP contribution in [0.5, 0.6) is 0 Å². The second-order valence-electron chi connectivity index (χ2n) is 7.98. The van der Waals surface area contributed by atoms with Gasteiger partial charge in [0, 0.05) is 12.6 Å². The Morgan fingerprint density at radius 2 is 1.74 bits per heavy atom. The highest BCUT2D eigenvalue weighted by Gasteiger charge is 2.30. The average Bonchev–Trinajstić information content (AvgIpc) is 2.66. The van der Waals surface area contributed by atoms with Gasteiger partial charge in [0.15, 0.2) is 0 Å². The second kappa shape index (κ2) is 10.1. The lowest BCUT2D eigenvalue weighted by molar-refractivity contribution is -0.131. The molecule has 1 fully saturated rings. The molecule has 3 rings (SSSR count). The van der Waals surface area contributed by atoms with E-state index < -0.39 is 6.04 Å². The van der Waals surface area contributed by atoms with E-state index in [4.69, 9.17) is 0 Å². The third-order valence-corrected chi connectivity index (χ3v) is 5.60. The smallest absolute Gasteiger partial charge is 0.243 e. The van der Waals surface area contributed by atoms with Crippen molar-refractivity contribution in [2.75, 3.05) is 0 Å². The van der Waals surface area contributed by atoms with Crippen LogP contribution < -0.4 is 16.0 Å². The van der Waals surface area contributed by atoms with Crippen LogP contribution in [-0.4, -0.2) is 29.9 Å². The summed E-state index contributed by atoms with van der Waals surface area (Å²) < 4.78 is 0. The maximum absolute atomic E-state index is 12.8. The highest BCUT2D eigenvalue weighted by molar-refractivity contribution is 5.90. The van der Waals surface area contributed by atoms with Gasteiger partial charge in [0.25, 0.3) is 0 Å². The summed E-state index contributed by atoms with van der Waals surface area (Å²) >= 11 is 0. The lowest BCUT2D eigenvalue weighted by Gasteiger charge is -2.30. The SMILES string of the molecule is CC(C)[C@@H](NC(=O)[C@@H]1Cc2ccccc2CN1)C(=O)NC1CCCCC1.Cl. The first-order valence-corrected chi connectivity index (χ1v) is 9.95. The van der Waals surface area contributed by atoms with E-state index in [0.29, 0.717) is 13.0 Å². The quantitative estimate of drug-likeness (QED) is 0.720. The number of carbonyl (C=O) groups is 2. The number of hydrogen-bond donors (Lipinski definition) is 3. The van der Waals surface area contributed by atoms with Crippen molar-refractivity contribution >= 4 is 24.2 Å². The predicted octanol–water partition coefficient (Wildman–Crippen LogP) is 2.71. The molecule has 1 saturated carbocycles.